The summed E-state index contributed by atoms with van der Waals surface area (Å²) in [5, 5.41) is 15.4. The van der Waals surface area contributed by atoms with Crippen LogP contribution in [0.3, 0.4) is 0 Å². The fraction of sp³-hybridized carbons (Fsp3) is 0.923. The number of rotatable bonds is 8. The number of hydrogen-bond acceptors (Lipinski definition) is 3. The molecule has 0 saturated heterocycles. The van der Waals surface area contributed by atoms with E-state index in [1.54, 1.807) is 0 Å². The van der Waals surface area contributed by atoms with Crippen LogP contribution in [0.4, 0.5) is 0 Å². The Kier molecular flexibility index (Phi) is 5.25. The van der Waals surface area contributed by atoms with Crippen LogP contribution in [0.25, 0.3) is 0 Å². The van der Waals surface area contributed by atoms with Crippen LogP contribution in [0.2, 0.25) is 0 Å². The van der Waals surface area contributed by atoms with Crippen LogP contribution >= 0.6 is 0 Å². The molecular weight excluding hydrogens is 214 g/mol. The van der Waals surface area contributed by atoms with Crippen LogP contribution in [-0.4, -0.2) is 23.6 Å². The van der Waals surface area contributed by atoms with Crippen molar-refractivity contribution in [1.29, 1.82) is 0 Å². The fourth-order valence-electron chi connectivity index (χ4n) is 2.00. The zero-order chi connectivity index (χ0) is 12.9. The van der Waals surface area contributed by atoms with Crippen molar-refractivity contribution in [3.8, 4) is 0 Å². The lowest BCUT2D eigenvalue weighted by atomic mass is 9.88. The van der Waals surface area contributed by atoms with Gasteiger partial charge in [-0.05, 0) is 31.7 Å². The maximum absolute atomic E-state index is 8.69. The summed E-state index contributed by atoms with van der Waals surface area (Å²) in [6, 6.07) is 0.630. The summed E-state index contributed by atoms with van der Waals surface area (Å²) in [6.07, 6.45) is 6.20. The van der Waals surface area contributed by atoms with Crippen molar-refractivity contribution in [3.05, 3.63) is 0 Å². The molecule has 0 aromatic rings. The lowest BCUT2D eigenvalue weighted by Crippen LogP contribution is -2.37. The molecule has 0 spiro atoms. The number of nitrogens with two attached hydrogens (primary N) is 1. The fourth-order valence-corrected chi connectivity index (χ4v) is 2.00. The summed E-state index contributed by atoms with van der Waals surface area (Å²) in [7, 11) is 0. The molecule has 1 saturated carbocycles. The Labute approximate surface area is 105 Å². The van der Waals surface area contributed by atoms with Gasteiger partial charge in [-0.25, -0.2) is 0 Å². The van der Waals surface area contributed by atoms with Gasteiger partial charge in [0.05, 0.1) is 0 Å². The van der Waals surface area contributed by atoms with Gasteiger partial charge in [-0.1, -0.05) is 38.8 Å². The van der Waals surface area contributed by atoms with Gasteiger partial charge in [0.2, 0.25) is 0 Å². The Balaban J connectivity index is 2.24. The average Bonchev–Trinajstić information content (AvgIpc) is 3.10. The molecule has 1 rings (SSSR count). The van der Waals surface area contributed by atoms with Crippen molar-refractivity contribution in [2.75, 3.05) is 6.54 Å². The Hall–Kier alpha value is -0.770. The van der Waals surface area contributed by atoms with Crippen LogP contribution in [0, 0.1) is 11.3 Å². The van der Waals surface area contributed by atoms with Crippen LogP contribution in [0.15, 0.2) is 5.16 Å². The van der Waals surface area contributed by atoms with Gasteiger partial charge in [0.15, 0.2) is 0 Å². The number of hydrogen-bond donors (Lipinski definition) is 3. The first-order chi connectivity index (χ1) is 7.99. The third-order valence-electron chi connectivity index (χ3n) is 3.79. The molecule has 1 unspecified atom stereocenters. The molecule has 1 fully saturated rings. The highest BCUT2D eigenvalue weighted by atomic mass is 16.4. The highest BCUT2D eigenvalue weighted by molar-refractivity contribution is 5.85. The molecule has 0 amide bonds. The smallest absolute Gasteiger partial charge is 0.144 e. The molecule has 1 aliphatic carbocycles. The van der Waals surface area contributed by atoms with Crippen LogP contribution in [-0.2, 0) is 0 Å². The summed E-state index contributed by atoms with van der Waals surface area (Å²) in [6.45, 7) is 7.17. The molecule has 4 nitrogen and oxygen atoms in total. The van der Waals surface area contributed by atoms with Gasteiger partial charge in [-0.2, -0.15) is 0 Å². The maximum Gasteiger partial charge on any atom is 0.144 e. The average molecular weight is 241 g/mol. The van der Waals surface area contributed by atoms with Crippen molar-refractivity contribution in [1.82, 2.24) is 5.32 Å². The summed E-state index contributed by atoms with van der Waals surface area (Å²) in [5.41, 5.74) is 5.43. The van der Waals surface area contributed by atoms with Gasteiger partial charge in [-0.3, -0.25) is 0 Å². The summed E-state index contributed by atoms with van der Waals surface area (Å²) >= 11 is 0. The second-order valence-electron chi connectivity index (χ2n) is 5.86. The molecule has 0 heterocycles. The number of amidine groups is 1. The van der Waals surface area contributed by atoms with Crippen molar-refractivity contribution in [2.45, 2.75) is 58.9 Å². The first-order valence-corrected chi connectivity index (χ1v) is 6.71. The van der Waals surface area contributed by atoms with Gasteiger partial charge in [-0.15, -0.1) is 0 Å². The Bertz CT molecular complexity index is 259. The maximum atomic E-state index is 8.69. The molecule has 17 heavy (non-hydrogen) atoms. The minimum Gasteiger partial charge on any atom is -0.409 e. The SMILES string of the molecule is CCC(CC1CC1)NCCC(C)(C)C(N)=NO. The van der Waals surface area contributed by atoms with E-state index in [2.05, 4.69) is 17.4 Å². The molecule has 0 aliphatic heterocycles. The lowest BCUT2D eigenvalue weighted by molar-refractivity contribution is 0.303. The number of oxime groups is 1. The van der Waals surface area contributed by atoms with E-state index in [9.17, 15) is 0 Å². The highest BCUT2D eigenvalue weighted by Crippen LogP contribution is 2.34. The minimum absolute atomic E-state index is 0.236. The highest BCUT2D eigenvalue weighted by Gasteiger charge is 2.26. The minimum atomic E-state index is -0.236. The standard InChI is InChI=1S/C13H27N3O/c1-4-11(9-10-5-6-10)15-8-7-13(2,3)12(14)16-17/h10-11,15,17H,4-9H2,1-3H3,(H2,14,16). The summed E-state index contributed by atoms with van der Waals surface area (Å²) < 4.78 is 0. The second-order valence-corrected chi connectivity index (χ2v) is 5.86. The summed E-state index contributed by atoms with van der Waals surface area (Å²) in [4.78, 5) is 0. The van der Waals surface area contributed by atoms with E-state index in [1.165, 1.54) is 25.7 Å². The third kappa shape index (κ3) is 4.94. The van der Waals surface area contributed by atoms with E-state index in [4.69, 9.17) is 10.9 Å². The van der Waals surface area contributed by atoms with E-state index in [-0.39, 0.29) is 5.41 Å². The second kappa shape index (κ2) is 6.24. The molecule has 1 atom stereocenters. The predicted molar refractivity (Wildman–Crippen MR) is 71.2 cm³/mol. The quantitative estimate of drug-likeness (QED) is 0.264. The van der Waals surface area contributed by atoms with E-state index < -0.39 is 0 Å². The zero-order valence-electron chi connectivity index (χ0n) is 11.4. The molecule has 4 heteroatoms. The third-order valence-corrected chi connectivity index (χ3v) is 3.79. The Morgan fingerprint density at radius 3 is 2.65 bits per heavy atom. The van der Waals surface area contributed by atoms with E-state index in [1.807, 2.05) is 13.8 Å². The Morgan fingerprint density at radius 2 is 2.18 bits per heavy atom. The molecule has 0 aromatic carbocycles. The van der Waals surface area contributed by atoms with E-state index in [0.29, 0.717) is 11.9 Å². The molecule has 0 aromatic heterocycles. The largest absolute Gasteiger partial charge is 0.409 e. The zero-order valence-corrected chi connectivity index (χ0v) is 11.4. The molecule has 100 valence electrons. The first-order valence-electron chi connectivity index (χ1n) is 6.71. The van der Waals surface area contributed by atoms with E-state index >= 15 is 0 Å². The molecule has 0 bridgehead atoms. The van der Waals surface area contributed by atoms with Gasteiger partial charge >= 0.3 is 0 Å². The predicted octanol–water partition coefficient (Wildman–Crippen LogP) is 2.32. The van der Waals surface area contributed by atoms with Crippen molar-refractivity contribution in [3.63, 3.8) is 0 Å². The van der Waals surface area contributed by atoms with Gasteiger partial charge < -0.3 is 16.3 Å². The summed E-state index contributed by atoms with van der Waals surface area (Å²) in [5.74, 6) is 1.28. The van der Waals surface area contributed by atoms with Gasteiger partial charge in [0, 0.05) is 11.5 Å². The molecule has 1 aliphatic rings. The van der Waals surface area contributed by atoms with Crippen molar-refractivity contribution >= 4 is 5.84 Å². The van der Waals surface area contributed by atoms with E-state index in [0.717, 1.165) is 18.9 Å². The lowest BCUT2D eigenvalue weighted by Gasteiger charge is -2.25. The molecule has 0 radical (unpaired) electrons. The monoisotopic (exact) mass is 241 g/mol. The van der Waals surface area contributed by atoms with Crippen LogP contribution in [0.5, 0.6) is 0 Å². The van der Waals surface area contributed by atoms with Crippen LogP contribution < -0.4 is 11.1 Å². The molecule has 4 N–H and O–H groups in total. The van der Waals surface area contributed by atoms with Crippen molar-refractivity contribution in [2.24, 2.45) is 22.2 Å². The van der Waals surface area contributed by atoms with Crippen LogP contribution in [0.1, 0.15) is 52.9 Å². The number of nitrogens with zero attached hydrogens (tertiary/aromatic N) is 1. The normalized spacial score (nSPS) is 19.4. The molecular formula is C13H27N3O. The first kappa shape index (κ1) is 14.3. The van der Waals surface area contributed by atoms with Crippen molar-refractivity contribution < 1.29 is 5.21 Å². The topological polar surface area (TPSA) is 70.6 Å². The number of nitrogens with one attached hydrogen (secondary N) is 1. The van der Waals surface area contributed by atoms with Gasteiger partial charge in [0.25, 0.3) is 0 Å². The van der Waals surface area contributed by atoms with Gasteiger partial charge in [0.1, 0.15) is 5.84 Å². The Morgan fingerprint density at radius 1 is 1.53 bits per heavy atom.